The van der Waals surface area contributed by atoms with Gasteiger partial charge < -0.3 is 28.4 Å². The lowest BCUT2D eigenvalue weighted by atomic mass is 10.1. The smallest absolute Gasteiger partial charge is 0.338 e. The minimum Gasteiger partial charge on any atom is -0.497 e. The molecule has 66 heavy (non-hydrogen) atoms. The Morgan fingerprint density at radius 3 is 1.20 bits per heavy atom. The molecule has 6 rings (SSSR count). The molecule has 0 amide bonds. The summed E-state index contributed by atoms with van der Waals surface area (Å²) in [7, 11) is 3.22. The molecule has 0 aliphatic carbocycles. The Labute approximate surface area is 384 Å². The number of carbonyl (C=O) groups is 2. The van der Waals surface area contributed by atoms with Crippen LogP contribution in [0.1, 0.15) is 77.6 Å². The fraction of sp³-hybridized carbons (Fsp3) is 0.275. The Balaban J connectivity index is 0.862. The molecule has 0 saturated heterocycles. The highest BCUT2D eigenvalue weighted by atomic mass is 16.5. The van der Waals surface area contributed by atoms with Gasteiger partial charge in [0.1, 0.15) is 11.5 Å². The molecule has 15 heteroatoms. The van der Waals surface area contributed by atoms with Crippen molar-refractivity contribution in [1.29, 1.82) is 0 Å². The van der Waals surface area contributed by atoms with E-state index in [4.69, 9.17) is 28.4 Å². The summed E-state index contributed by atoms with van der Waals surface area (Å²) in [4.78, 5) is 38.7. The van der Waals surface area contributed by atoms with Crippen LogP contribution in [0.2, 0.25) is 0 Å². The fourth-order valence-corrected chi connectivity index (χ4v) is 6.16. The first kappa shape index (κ1) is 47.7. The number of esters is 2. The highest BCUT2D eigenvalue weighted by molar-refractivity contribution is 5.90. The van der Waals surface area contributed by atoms with Crippen molar-refractivity contribution in [2.45, 2.75) is 51.4 Å². The number of hydrogen-bond acceptors (Lipinski definition) is 15. The van der Waals surface area contributed by atoms with E-state index in [0.29, 0.717) is 66.1 Å². The molecule has 0 aliphatic rings. The number of aromatic nitrogens is 3. The van der Waals surface area contributed by atoms with Crippen LogP contribution < -0.4 is 18.9 Å². The van der Waals surface area contributed by atoms with Gasteiger partial charge >= 0.3 is 24.0 Å². The van der Waals surface area contributed by atoms with E-state index in [1.807, 2.05) is 72.8 Å². The number of azo groups is 2. The number of rotatable bonds is 26. The minimum atomic E-state index is -0.385. The van der Waals surface area contributed by atoms with Crippen LogP contribution in [0.5, 0.6) is 23.5 Å². The molecule has 340 valence electrons. The topological polar surface area (TPSA) is 178 Å². The molecule has 0 N–H and O–H groups in total. The quantitative estimate of drug-likeness (QED) is 0.0287. The lowest BCUT2D eigenvalue weighted by Crippen LogP contribution is -2.08. The molecule has 0 spiro atoms. The van der Waals surface area contributed by atoms with Gasteiger partial charge in [-0.2, -0.15) is 30.4 Å². The molecule has 0 saturated carbocycles. The molecular formula is C51H53N7O8. The zero-order valence-electron chi connectivity index (χ0n) is 37.2. The van der Waals surface area contributed by atoms with E-state index in [1.165, 1.54) is 0 Å². The standard InChI is InChI=1S/C51H53N7O8/c1-4-37-13-15-38(16-14-37)47-52-50(65-35-11-7-5-9-33-63-48(59)39-17-21-41(22-18-39)55-57-43-25-29-45(61-2)30-26-43)54-51(53-47)66-36-12-8-6-10-34-64-49(60)40-19-23-42(24-20-40)56-58-44-27-31-46(62-3)32-28-44/h4,13-32H,1,5-12,33-36H2,2-3H3. The maximum Gasteiger partial charge on any atom is 0.338 e. The van der Waals surface area contributed by atoms with Gasteiger partial charge in [-0.3, -0.25) is 0 Å². The summed E-state index contributed by atoms with van der Waals surface area (Å²) < 4.78 is 33.2. The van der Waals surface area contributed by atoms with Crippen molar-refractivity contribution in [1.82, 2.24) is 15.0 Å². The average Bonchev–Trinajstić information content (AvgIpc) is 3.37. The second-order valence-corrected chi connectivity index (χ2v) is 14.7. The third kappa shape index (κ3) is 15.8. The predicted octanol–water partition coefficient (Wildman–Crippen LogP) is 12.6. The van der Waals surface area contributed by atoms with Gasteiger partial charge in [-0.1, -0.05) is 36.9 Å². The third-order valence-electron chi connectivity index (χ3n) is 9.92. The molecular weight excluding hydrogens is 839 g/mol. The summed E-state index contributed by atoms with van der Waals surface area (Å²) >= 11 is 0. The van der Waals surface area contributed by atoms with E-state index in [1.54, 1.807) is 68.8 Å². The first-order chi connectivity index (χ1) is 32.4. The van der Waals surface area contributed by atoms with Crippen molar-refractivity contribution < 1.29 is 38.0 Å². The van der Waals surface area contributed by atoms with Crippen LogP contribution in [0.25, 0.3) is 17.5 Å². The maximum atomic E-state index is 12.6. The lowest BCUT2D eigenvalue weighted by molar-refractivity contribution is 0.0488. The van der Waals surface area contributed by atoms with E-state index in [-0.39, 0.29) is 24.0 Å². The van der Waals surface area contributed by atoms with Gasteiger partial charge in [0.15, 0.2) is 5.82 Å². The van der Waals surface area contributed by atoms with Crippen molar-refractivity contribution in [2.24, 2.45) is 20.5 Å². The van der Waals surface area contributed by atoms with E-state index >= 15 is 0 Å². The van der Waals surface area contributed by atoms with Crippen LogP contribution in [0.3, 0.4) is 0 Å². The molecule has 15 nitrogen and oxygen atoms in total. The third-order valence-corrected chi connectivity index (χ3v) is 9.92. The number of ether oxygens (including phenoxy) is 6. The Hall–Kier alpha value is -7.81. The van der Waals surface area contributed by atoms with Gasteiger partial charge in [-0.15, -0.1) is 4.98 Å². The molecule has 0 aliphatic heterocycles. The van der Waals surface area contributed by atoms with E-state index in [9.17, 15) is 9.59 Å². The first-order valence-electron chi connectivity index (χ1n) is 21.8. The largest absolute Gasteiger partial charge is 0.497 e. The summed E-state index contributed by atoms with van der Waals surface area (Å²) in [5.74, 6) is 1.16. The van der Waals surface area contributed by atoms with Crippen molar-refractivity contribution in [2.75, 3.05) is 40.6 Å². The van der Waals surface area contributed by atoms with Crippen LogP contribution in [-0.2, 0) is 9.47 Å². The van der Waals surface area contributed by atoms with Gasteiger partial charge in [0.25, 0.3) is 0 Å². The minimum absolute atomic E-state index is 0.180. The SMILES string of the molecule is C=Cc1ccc(-c2nc(OCCCCCCOC(=O)c3ccc(N=Nc4ccc(OC)cc4)cc3)nc(OCCCCCCOC(=O)c3ccc(N=Nc4ccc(OC)cc4)cc3)n2)cc1. The number of methoxy groups -OCH3 is 2. The number of unbranched alkanes of at least 4 members (excludes halogenated alkanes) is 6. The number of benzene rings is 5. The van der Waals surface area contributed by atoms with Crippen molar-refractivity contribution >= 4 is 40.8 Å². The average molecular weight is 892 g/mol. The molecule has 0 fully saturated rings. The molecule has 5 aromatic carbocycles. The lowest BCUT2D eigenvalue weighted by Gasteiger charge is -2.10. The predicted molar refractivity (Wildman–Crippen MR) is 251 cm³/mol. The van der Waals surface area contributed by atoms with E-state index < -0.39 is 0 Å². The second-order valence-electron chi connectivity index (χ2n) is 14.7. The number of carbonyl (C=O) groups excluding carboxylic acids is 2. The van der Waals surface area contributed by atoms with Crippen LogP contribution >= 0.6 is 0 Å². The summed E-state index contributed by atoms with van der Waals surface area (Å²) in [5.41, 5.74) is 5.30. The van der Waals surface area contributed by atoms with Gasteiger partial charge in [0, 0.05) is 5.56 Å². The summed E-state index contributed by atoms with van der Waals surface area (Å²) in [5, 5.41) is 16.9. The zero-order valence-corrected chi connectivity index (χ0v) is 37.2. The van der Waals surface area contributed by atoms with Crippen LogP contribution in [0, 0.1) is 0 Å². The summed E-state index contributed by atoms with van der Waals surface area (Å²) in [6.07, 6.45) is 8.15. The van der Waals surface area contributed by atoms with Crippen molar-refractivity contribution in [3.8, 4) is 34.9 Å². The summed E-state index contributed by atoms with van der Waals surface area (Å²) in [6, 6.07) is 36.2. The molecule has 0 bridgehead atoms. The summed E-state index contributed by atoms with van der Waals surface area (Å²) in [6.45, 7) is 5.24. The molecule has 0 unspecified atom stereocenters. The Morgan fingerprint density at radius 2 is 0.833 bits per heavy atom. The van der Waals surface area contributed by atoms with Gasteiger partial charge in [0.2, 0.25) is 0 Å². The highest BCUT2D eigenvalue weighted by Crippen LogP contribution is 2.25. The Kier molecular flexibility index (Phi) is 18.8. The molecule has 1 heterocycles. The number of hydrogen-bond donors (Lipinski definition) is 0. The first-order valence-corrected chi connectivity index (χ1v) is 21.8. The van der Waals surface area contributed by atoms with E-state index in [0.717, 1.165) is 74.0 Å². The van der Waals surface area contributed by atoms with Crippen LogP contribution in [0.15, 0.2) is 148 Å². The zero-order chi connectivity index (χ0) is 46.2. The van der Waals surface area contributed by atoms with Crippen LogP contribution in [0.4, 0.5) is 22.7 Å². The van der Waals surface area contributed by atoms with Gasteiger partial charge in [0.05, 0.1) is 74.5 Å². The van der Waals surface area contributed by atoms with Crippen LogP contribution in [-0.4, -0.2) is 67.5 Å². The molecule has 1 aromatic heterocycles. The fourth-order valence-electron chi connectivity index (χ4n) is 6.16. The van der Waals surface area contributed by atoms with Crippen molar-refractivity contribution in [3.05, 3.63) is 145 Å². The number of nitrogens with zero attached hydrogens (tertiary/aromatic N) is 7. The normalized spacial score (nSPS) is 11.1. The van der Waals surface area contributed by atoms with E-state index in [2.05, 4.69) is 42.0 Å². The molecule has 0 radical (unpaired) electrons. The van der Waals surface area contributed by atoms with Crippen molar-refractivity contribution in [3.63, 3.8) is 0 Å². The van der Waals surface area contributed by atoms with Gasteiger partial charge in [-0.25, -0.2) is 9.59 Å². The highest BCUT2D eigenvalue weighted by Gasteiger charge is 2.12. The molecule has 0 atom stereocenters. The Morgan fingerprint density at radius 1 is 0.470 bits per heavy atom. The maximum absolute atomic E-state index is 12.6. The monoisotopic (exact) mass is 891 g/mol. The Bertz CT molecular complexity index is 2350. The van der Waals surface area contributed by atoms with Gasteiger partial charge in [-0.05, 0) is 154 Å². The molecule has 6 aromatic rings. The second kappa shape index (κ2) is 26.1.